The van der Waals surface area contributed by atoms with Crippen molar-refractivity contribution in [2.75, 3.05) is 19.0 Å². The molecule has 1 amide bonds. The van der Waals surface area contributed by atoms with Crippen LogP contribution in [0.4, 0.5) is 23.8 Å². The standard InChI is InChI=1S/C20H25F3N4O3/c1-12(2)9-19(3,24)11-30-16-10-26-15(8-14(16)20(21,22)23)13-5-6-25-17(7-13)27-18(28)29-4/h5-8,10,12H,9,11,24H2,1-4H3,(H,25,27,28). The molecule has 30 heavy (non-hydrogen) atoms. The van der Waals surface area contributed by atoms with Crippen molar-refractivity contribution in [3.63, 3.8) is 0 Å². The number of anilines is 1. The lowest BCUT2D eigenvalue weighted by Gasteiger charge is -2.27. The van der Waals surface area contributed by atoms with E-state index >= 15 is 0 Å². The monoisotopic (exact) mass is 426 g/mol. The van der Waals surface area contributed by atoms with Gasteiger partial charge in [-0.3, -0.25) is 10.3 Å². The summed E-state index contributed by atoms with van der Waals surface area (Å²) in [6.45, 7) is 5.59. The molecular weight excluding hydrogens is 401 g/mol. The van der Waals surface area contributed by atoms with Gasteiger partial charge in [0.15, 0.2) is 0 Å². The molecule has 3 N–H and O–H groups in total. The van der Waals surface area contributed by atoms with E-state index in [0.29, 0.717) is 12.0 Å². The summed E-state index contributed by atoms with van der Waals surface area (Å²) in [7, 11) is 1.18. The second kappa shape index (κ2) is 9.29. The first-order chi connectivity index (χ1) is 13.9. The molecule has 1 unspecified atom stereocenters. The van der Waals surface area contributed by atoms with Crippen LogP contribution in [-0.2, 0) is 10.9 Å². The molecule has 1 atom stereocenters. The molecule has 2 rings (SSSR count). The van der Waals surface area contributed by atoms with Crippen LogP contribution in [0.3, 0.4) is 0 Å². The largest absolute Gasteiger partial charge is 0.489 e. The summed E-state index contributed by atoms with van der Waals surface area (Å²) >= 11 is 0. The maximum Gasteiger partial charge on any atom is 0.420 e. The number of alkyl halides is 3. The molecule has 0 fully saturated rings. The van der Waals surface area contributed by atoms with Gasteiger partial charge in [0, 0.05) is 17.3 Å². The number of nitrogens with two attached hydrogens (primary N) is 1. The number of carbonyl (C=O) groups excluding carboxylic acids is 1. The van der Waals surface area contributed by atoms with Crippen molar-refractivity contribution >= 4 is 11.9 Å². The molecule has 10 heteroatoms. The van der Waals surface area contributed by atoms with Gasteiger partial charge in [0.05, 0.1) is 19.0 Å². The highest BCUT2D eigenvalue weighted by atomic mass is 19.4. The van der Waals surface area contributed by atoms with E-state index in [1.807, 2.05) is 13.8 Å². The first-order valence-corrected chi connectivity index (χ1v) is 9.21. The number of rotatable bonds is 7. The molecule has 0 aliphatic carbocycles. The minimum Gasteiger partial charge on any atom is -0.489 e. The number of hydrogen-bond acceptors (Lipinski definition) is 6. The maximum atomic E-state index is 13.6. The molecule has 7 nitrogen and oxygen atoms in total. The Kier molecular flexibility index (Phi) is 7.25. The number of halogens is 3. The van der Waals surface area contributed by atoms with Crippen LogP contribution < -0.4 is 15.8 Å². The summed E-state index contributed by atoms with van der Waals surface area (Å²) in [4.78, 5) is 19.3. The molecule has 164 valence electrons. The van der Waals surface area contributed by atoms with Crippen molar-refractivity contribution < 1.29 is 27.4 Å². The Morgan fingerprint density at radius 1 is 1.27 bits per heavy atom. The highest BCUT2D eigenvalue weighted by molar-refractivity contribution is 5.84. The van der Waals surface area contributed by atoms with E-state index in [1.54, 1.807) is 6.92 Å². The van der Waals surface area contributed by atoms with Crippen LogP contribution in [0.2, 0.25) is 0 Å². The van der Waals surface area contributed by atoms with Crippen molar-refractivity contribution in [3.05, 3.63) is 36.2 Å². The zero-order chi connectivity index (χ0) is 22.5. The van der Waals surface area contributed by atoms with Gasteiger partial charge in [0.25, 0.3) is 0 Å². The van der Waals surface area contributed by atoms with Crippen LogP contribution >= 0.6 is 0 Å². The molecule has 0 bridgehead atoms. The fraction of sp³-hybridized carbons (Fsp3) is 0.450. The summed E-state index contributed by atoms with van der Waals surface area (Å²) in [6.07, 6.45) is -2.45. The summed E-state index contributed by atoms with van der Waals surface area (Å²) in [6, 6.07) is 3.76. The van der Waals surface area contributed by atoms with Crippen molar-refractivity contribution in [1.82, 2.24) is 9.97 Å². The van der Waals surface area contributed by atoms with E-state index in [-0.39, 0.29) is 24.0 Å². The Morgan fingerprint density at radius 3 is 2.57 bits per heavy atom. The Balaban J connectivity index is 2.33. The molecule has 0 saturated carbocycles. The van der Waals surface area contributed by atoms with E-state index in [2.05, 4.69) is 20.0 Å². The predicted molar refractivity (Wildman–Crippen MR) is 106 cm³/mol. The minimum absolute atomic E-state index is 0.0441. The van der Waals surface area contributed by atoms with E-state index < -0.39 is 29.1 Å². The minimum atomic E-state index is -4.66. The summed E-state index contributed by atoms with van der Waals surface area (Å²) < 4.78 is 50.8. The zero-order valence-electron chi connectivity index (χ0n) is 17.2. The molecule has 0 aliphatic heterocycles. The number of ether oxygens (including phenoxy) is 2. The van der Waals surface area contributed by atoms with Crippen molar-refractivity contribution in [2.24, 2.45) is 11.7 Å². The van der Waals surface area contributed by atoms with Crippen LogP contribution in [0, 0.1) is 5.92 Å². The number of amides is 1. The number of nitrogens with one attached hydrogen (secondary N) is 1. The molecule has 0 aliphatic rings. The highest BCUT2D eigenvalue weighted by Gasteiger charge is 2.36. The van der Waals surface area contributed by atoms with Crippen LogP contribution in [-0.4, -0.2) is 35.3 Å². The molecule has 0 spiro atoms. The molecule has 0 radical (unpaired) electrons. The average Bonchev–Trinajstić information content (AvgIpc) is 2.64. The maximum absolute atomic E-state index is 13.6. The highest BCUT2D eigenvalue weighted by Crippen LogP contribution is 2.38. The van der Waals surface area contributed by atoms with Crippen LogP contribution in [0.5, 0.6) is 5.75 Å². The van der Waals surface area contributed by atoms with Gasteiger partial charge in [-0.1, -0.05) is 13.8 Å². The van der Waals surface area contributed by atoms with Gasteiger partial charge >= 0.3 is 12.3 Å². The smallest absolute Gasteiger partial charge is 0.420 e. The SMILES string of the molecule is COC(=O)Nc1cc(-c2cc(C(F)(F)F)c(OCC(C)(N)CC(C)C)cn2)ccn1. The number of hydrogen-bond donors (Lipinski definition) is 2. The number of methoxy groups -OCH3 is 1. The van der Waals surface area contributed by atoms with Crippen molar-refractivity contribution in [3.8, 4) is 17.0 Å². The van der Waals surface area contributed by atoms with Crippen LogP contribution in [0.1, 0.15) is 32.8 Å². The number of aromatic nitrogens is 2. The van der Waals surface area contributed by atoms with Gasteiger partial charge < -0.3 is 15.2 Å². The molecule has 2 aromatic rings. The van der Waals surface area contributed by atoms with Gasteiger partial charge in [-0.2, -0.15) is 13.2 Å². The van der Waals surface area contributed by atoms with E-state index in [4.69, 9.17) is 10.5 Å². The lowest BCUT2D eigenvalue weighted by Crippen LogP contribution is -2.43. The molecule has 0 aromatic carbocycles. The van der Waals surface area contributed by atoms with Crippen molar-refractivity contribution in [2.45, 2.75) is 38.9 Å². The third-order valence-corrected chi connectivity index (χ3v) is 4.08. The lowest BCUT2D eigenvalue weighted by molar-refractivity contribution is -0.139. The quantitative estimate of drug-likeness (QED) is 0.677. The second-order valence-corrected chi connectivity index (χ2v) is 7.65. The topological polar surface area (TPSA) is 99.4 Å². The lowest BCUT2D eigenvalue weighted by atomic mass is 9.93. The fourth-order valence-corrected chi connectivity index (χ4v) is 2.99. The van der Waals surface area contributed by atoms with E-state index in [9.17, 15) is 18.0 Å². The Bertz CT molecular complexity index is 886. The fourth-order valence-electron chi connectivity index (χ4n) is 2.99. The summed E-state index contributed by atoms with van der Waals surface area (Å²) in [5, 5.41) is 2.35. The number of carbonyl (C=O) groups is 1. The van der Waals surface area contributed by atoms with Gasteiger partial charge in [-0.15, -0.1) is 0 Å². The van der Waals surface area contributed by atoms with Gasteiger partial charge in [0.2, 0.25) is 0 Å². The van der Waals surface area contributed by atoms with E-state index in [1.165, 1.54) is 25.4 Å². The van der Waals surface area contributed by atoms with Gasteiger partial charge in [0.1, 0.15) is 23.7 Å². The second-order valence-electron chi connectivity index (χ2n) is 7.65. The first-order valence-electron chi connectivity index (χ1n) is 9.21. The Morgan fingerprint density at radius 2 is 1.97 bits per heavy atom. The Labute approximate surface area is 172 Å². The summed E-state index contributed by atoms with van der Waals surface area (Å²) in [5.41, 5.74) is 4.76. The zero-order valence-corrected chi connectivity index (χ0v) is 17.2. The average molecular weight is 426 g/mol. The first kappa shape index (κ1) is 23.4. The number of nitrogens with zero attached hydrogens (tertiary/aromatic N) is 2. The third kappa shape index (κ3) is 6.58. The summed E-state index contributed by atoms with van der Waals surface area (Å²) in [5.74, 6) is -0.0121. The van der Waals surface area contributed by atoms with Gasteiger partial charge in [-0.05, 0) is 37.5 Å². The number of pyridine rings is 2. The van der Waals surface area contributed by atoms with Gasteiger partial charge in [-0.25, -0.2) is 9.78 Å². The normalized spacial score (nSPS) is 13.6. The van der Waals surface area contributed by atoms with Crippen LogP contribution in [0.15, 0.2) is 30.6 Å². The molecule has 2 heterocycles. The molecule has 0 saturated heterocycles. The Hall–Kier alpha value is -2.88. The van der Waals surface area contributed by atoms with E-state index in [0.717, 1.165) is 12.3 Å². The predicted octanol–water partition coefficient (Wildman–Crippen LogP) is 4.48. The van der Waals surface area contributed by atoms with Crippen LogP contribution in [0.25, 0.3) is 11.3 Å². The van der Waals surface area contributed by atoms with Crippen molar-refractivity contribution in [1.29, 1.82) is 0 Å². The molecular formula is C20H25F3N4O3. The molecule has 2 aromatic heterocycles. The third-order valence-electron chi connectivity index (χ3n) is 4.08.